The molecule has 5 N–H and O–H groups in total. The van der Waals surface area contributed by atoms with Crippen LogP contribution in [0.5, 0.6) is 0 Å². The second-order valence-corrected chi connectivity index (χ2v) is 4.42. The van der Waals surface area contributed by atoms with Gasteiger partial charge in [-0.1, -0.05) is 0 Å². The molecular weight excluding hydrogens is 168 g/mol. The zero-order chi connectivity index (χ0) is 9.05. The van der Waals surface area contributed by atoms with Gasteiger partial charge >= 0.3 is 0 Å². The molecule has 0 aromatic rings. The first kappa shape index (κ1) is 8.14. The lowest BCUT2D eigenvalue weighted by molar-refractivity contribution is 0.0744. The lowest BCUT2D eigenvalue weighted by atomic mass is 9.97. The monoisotopic (exact) mass is 184 g/mol. The van der Waals surface area contributed by atoms with Gasteiger partial charge in [0, 0.05) is 24.0 Å². The Hall–Kier alpha value is -0.200. The predicted octanol–water partition coefficient (Wildman–Crippen LogP) is -1.84. The fraction of sp³-hybridized carbons (Fsp3) is 1.00. The Bertz CT molecular complexity index is 230. The SMILES string of the molecule is NC1NNC2C1CN(CO)C21CC1. The number of nitrogens with two attached hydrogens (primary N) is 1. The van der Waals surface area contributed by atoms with Gasteiger partial charge in [-0.05, 0) is 12.8 Å². The van der Waals surface area contributed by atoms with Crippen LogP contribution >= 0.6 is 0 Å². The number of hydrazine groups is 1. The molecule has 3 fully saturated rings. The van der Waals surface area contributed by atoms with Crippen LogP contribution in [0.4, 0.5) is 0 Å². The Morgan fingerprint density at radius 3 is 2.85 bits per heavy atom. The topological polar surface area (TPSA) is 73.5 Å². The van der Waals surface area contributed by atoms with Gasteiger partial charge in [-0.25, -0.2) is 5.43 Å². The predicted molar refractivity (Wildman–Crippen MR) is 47.3 cm³/mol. The van der Waals surface area contributed by atoms with Crippen molar-refractivity contribution in [1.82, 2.24) is 15.8 Å². The highest BCUT2D eigenvalue weighted by Gasteiger charge is 2.63. The summed E-state index contributed by atoms with van der Waals surface area (Å²) in [6.45, 7) is 1.09. The van der Waals surface area contributed by atoms with Crippen molar-refractivity contribution in [2.45, 2.75) is 30.6 Å². The second-order valence-electron chi connectivity index (χ2n) is 4.42. The van der Waals surface area contributed by atoms with Crippen LogP contribution in [0.3, 0.4) is 0 Å². The second kappa shape index (κ2) is 2.43. The molecular formula is C8H16N4O. The standard InChI is InChI=1S/C8H16N4O/c9-7-5-3-12(4-13)8(1-2-8)6(5)10-11-7/h5-7,10-11,13H,1-4,9H2. The molecule has 1 saturated carbocycles. The number of likely N-dealkylation sites (tertiary alicyclic amines) is 1. The van der Waals surface area contributed by atoms with Crippen LogP contribution in [0.25, 0.3) is 0 Å². The number of nitrogens with zero attached hydrogens (tertiary/aromatic N) is 1. The molecule has 5 nitrogen and oxygen atoms in total. The fourth-order valence-corrected chi connectivity index (χ4v) is 2.95. The molecule has 2 aliphatic heterocycles. The number of aliphatic hydroxyl groups is 1. The van der Waals surface area contributed by atoms with Crippen LogP contribution in [-0.2, 0) is 0 Å². The van der Waals surface area contributed by atoms with E-state index < -0.39 is 0 Å². The van der Waals surface area contributed by atoms with Crippen molar-refractivity contribution >= 4 is 0 Å². The Morgan fingerprint density at radius 2 is 2.23 bits per heavy atom. The largest absolute Gasteiger partial charge is 0.381 e. The van der Waals surface area contributed by atoms with E-state index in [-0.39, 0.29) is 18.4 Å². The maximum Gasteiger partial charge on any atom is 0.0961 e. The summed E-state index contributed by atoms with van der Waals surface area (Å²) < 4.78 is 0. The number of aliphatic hydroxyl groups excluding tert-OH is 1. The minimum atomic E-state index is 0.0408. The third-order valence-corrected chi connectivity index (χ3v) is 3.87. The van der Waals surface area contributed by atoms with Crippen LogP contribution in [0.1, 0.15) is 12.8 Å². The summed E-state index contributed by atoms with van der Waals surface area (Å²) in [5, 5.41) is 9.22. The van der Waals surface area contributed by atoms with Crippen molar-refractivity contribution in [2.24, 2.45) is 11.7 Å². The van der Waals surface area contributed by atoms with Crippen LogP contribution in [0, 0.1) is 5.92 Å². The molecule has 0 bridgehead atoms. The van der Waals surface area contributed by atoms with Gasteiger partial charge in [-0.2, -0.15) is 0 Å². The minimum Gasteiger partial charge on any atom is -0.381 e. The van der Waals surface area contributed by atoms with Gasteiger partial charge in [-0.15, -0.1) is 0 Å². The van der Waals surface area contributed by atoms with Gasteiger partial charge in [0.25, 0.3) is 0 Å². The summed E-state index contributed by atoms with van der Waals surface area (Å²) in [5.41, 5.74) is 12.5. The average Bonchev–Trinajstić information content (AvgIpc) is 2.73. The molecule has 2 saturated heterocycles. The van der Waals surface area contributed by atoms with E-state index in [1.807, 2.05) is 0 Å². The fourth-order valence-electron chi connectivity index (χ4n) is 2.95. The molecule has 3 unspecified atom stereocenters. The molecule has 1 spiro atoms. The molecule has 74 valence electrons. The smallest absolute Gasteiger partial charge is 0.0961 e. The summed E-state index contributed by atoms with van der Waals surface area (Å²) >= 11 is 0. The van der Waals surface area contributed by atoms with E-state index in [0.717, 1.165) is 6.54 Å². The summed E-state index contributed by atoms with van der Waals surface area (Å²) in [6.07, 6.45) is 2.42. The number of fused-ring (bicyclic) bond motifs is 2. The van der Waals surface area contributed by atoms with E-state index in [4.69, 9.17) is 5.73 Å². The van der Waals surface area contributed by atoms with Gasteiger partial charge in [0.15, 0.2) is 0 Å². The summed E-state index contributed by atoms with van der Waals surface area (Å²) in [5.74, 6) is 0.453. The zero-order valence-electron chi connectivity index (χ0n) is 7.53. The van der Waals surface area contributed by atoms with Crippen molar-refractivity contribution in [1.29, 1.82) is 0 Å². The van der Waals surface area contributed by atoms with Crippen molar-refractivity contribution in [3.8, 4) is 0 Å². The highest BCUT2D eigenvalue weighted by molar-refractivity contribution is 5.20. The van der Waals surface area contributed by atoms with Crippen molar-refractivity contribution in [2.75, 3.05) is 13.3 Å². The number of hydrogen-bond donors (Lipinski definition) is 4. The third kappa shape index (κ3) is 0.884. The van der Waals surface area contributed by atoms with Crippen LogP contribution in [-0.4, -0.2) is 41.0 Å². The van der Waals surface area contributed by atoms with Crippen molar-refractivity contribution in [3.05, 3.63) is 0 Å². The molecule has 0 aromatic carbocycles. The molecule has 13 heavy (non-hydrogen) atoms. The normalized spacial score (nSPS) is 47.1. The highest BCUT2D eigenvalue weighted by Crippen LogP contribution is 2.52. The average molecular weight is 184 g/mol. The summed E-state index contributed by atoms with van der Waals surface area (Å²) in [7, 11) is 0. The molecule has 0 amide bonds. The first-order valence-electron chi connectivity index (χ1n) is 4.90. The van der Waals surface area contributed by atoms with E-state index >= 15 is 0 Å². The van der Waals surface area contributed by atoms with E-state index in [1.54, 1.807) is 0 Å². The quantitative estimate of drug-likeness (QED) is 0.385. The number of rotatable bonds is 1. The molecule has 2 heterocycles. The summed E-state index contributed by atoms with van der Waals surface area (Å²) in [6, 6.07) is 0.439. The Labute approximate surface area is 77.2 Å². The van der Waals surface area contributed by atoms with Gasteiger partial charge in [-0.3, -0.25) is 10.3 Å². The van der Waals surface area contributed by atoms with Crippen LogP contribution < -0.4 is 16.6 Å². The lowest BCUT2D eigenvalue weighted by Gasteiger charge is -2.25. The van der Waals surface area contributed by atoms with E-state index in [0.29, 0.717) is 12.0 Å². The Kier molecular flexibility index (Phi) is 1.52. The first-order valence-corrected chi connectivity index (χ1v) is 4.90. The highest BCUT2D eigenvalue weighted by atomic mass is 16.3. The van der Waals surface area contributed by atoms with E-state index in [2.05, 4.69) is 15.8 Å². The lowest BCUT2D eigenvalue weighted by Crippen LogP contribution is -2.48. The minimum absolute atomic E-state index is 0.0408. The first-order chi connectivity index (χ1) is 6.28. The van der Waals surface area contributed by atoms with Crippen molar-refractivity contribution < 1.29 is 5.11 Å². The maximum atomic E-state index is 9.22. The zero-order valence-corrected chi connectivity index (χ0v) is 7.53. The number of hydrogen-bond acceptors (Lipinski definition) is 5. The number of nitrogens with one attached hydrogen (secondary N) is 2. The Balaban J connectivity index is 1.87. The third-order valence-electron chi connectivity index (χ3n) is 3.87. The van der Waals surface area contributed by atoms with Gasteiger partial charge in [0.2, 0.25) is 0 Å². The van der Waals surface area contributed by atoms with Gasteiger partial charge in [0.05, 0.1) is 12.9 Å². The van der Waals surface area contributed by atoms with Crippen molar-refractivity contribution in [3.63, 3.8) is 0 Å². The Morgan fingerprint density at radius 1 is 1.46 bits per heavy atom. The maximum absolute atomic E-state index is 9.22. The molecule has 3 rings (SSSR count). The van der Waals surface area contributed by atoms with Crippen LogP contribution in [0.15, 0.2) is 0 Å². The van der Waals surface area contributed by atoms with Gasteiger partial charge in [0.1, 0.15) is 0 Å². The van der Waals surface area contributed by atoms with E-state index in [1.165, 1.54) is 12.8 Å². The summed E-state index contributed by atoms with van der Waals surface area (Å²) in [4.78, 5) is 2.16. The van der Waals surface area contributed by atoms with Gasteiger partial charge < -0.3 is 10.8 Å². The van der Waals surface area contributed by atoms with E-state index in [9.17, 15) is 5.11 Å². The molecule has 0 radical (unpaired) electrons. The van der Waals surface area contributed by atoms with Crippen LogP contribution in [0.2, 0.25) is 0 Å². The molecule has 3 atom stereocenters. The molecule has 3 aliphatic rings. The molecule has 0 aromatic heterocycles. The molecule has 1 aliphatic carbocycles. The molecule has 5 heteroatoms.